The van der Waals surface area contributed by atoms with Crippen LogP contribution in [0.3, 0.4) is 0 Å². The van der Waals surface area contributed by atoms with Gasteiger partial charge in [-0.1, -0.05) is 25.8 Å². The fraction of sp³-hybridized carbons (Fsp3) is 0.571. The molecule has 1 fully saturated rings. The van der Waals surface area contributed by atoms with E-state index in [0.29, 0.717) is 11.7 Å². The van der Waals surface area contributed by atoms with Crippen molar-refractivity contribution in [1.82, 2.24) is 10.2 Å². The van der Waals surface area contributed by atoms with Crippen molar-refractivity contribution in [1.29, 1.82) is 0 Å². The van der Waals surface area contributed by atoms with Crippen LogP contribution >= 0.6 is 0 Å². The van der Waals surface area contributed by atoms with Gasteiger partial charge < -0.3 is 14.6 Å². The van der Waals surface area contributed by atoms with Crippen molar-refractivity contribution >= 4 is 16.9 Å². The smallest absolute Gasteiger partial charge is 0.287 e. The summed E-state index contributed by atoms with van der Waals surface area (Å²) in [5.41, 5.74) is 3.01. The summed E-state index contributed by atoms with van der Waals surface area (Å²) in [7, 11) is 4.20. The number of nitrogens with one attached hydrogen (secondary N) is 1. The molecule has 1 amide bonds. The van der Waals surface area contributed by atoms with Gasteiger partial charge in [-0.15, -0.1) is 0 Å². The standard InChI is InChI=1S/C21H30N2O2/c1-5-15-10-11-19-17(12-15)14(2)20(25-19)21(24)22-18-9-7-6-8-16(18)13-23(3)4/h10-12,16,18H,5-9,13H2,1-4H3,(H,22,24). The summed E-state index contributed by atoms with van der Waals surface area (Å²) in [4.78, 5) is 15.1. The Morgan fingerprint density at radius 2 is 2.04 bits per heavy atom. The van der Waals surface area contributed by atoms with Crippen molar-refractivity contribution < 1.29 is 9.21 Å². The van der Waals surface area contributed by atoms with Gasteiger partial charge in [0.2, 0.25) is 0 Å². The van der Waals surface area contributed by atoms with E-state index >= 15 is 0 Å². The molecule has 0 radical (unpaired) electrons. The highest BCUT2D eigenvalue weighted by Gasteiger charge is 2.28. The SMILES string of the molecule is CCc1ccc2oc(C(=O)NC3CCCCC3CN(C)C)c(C)c2c1. The summed E-state index contributed by atoms with van der Waals surface area (Å²) in [5, 5.41) is 4.32. The number of amides is 1. The Morgan fingerprint density at radius 1 is 1.28 bits per heavy atom. The van der Waals surface area contributed by atoms with Crippen LogP contribution in [0.5, 0.6) is 0 Å². The Balaban J connectivity index is 1.80. The van der Waals surface area contributed by atoms with Crippen LogP contribution in [0.25, 0.3) is 11.0 Å². The molecule has 4 heteroatoms. The first-order valence-electron chi connectivity index (χ1n) is 9.47. The highest BCUT2D eigenvalue weighted by molar-refractivity contribution is 5.99. The minimum absolute atomic E-state index is 0.0672. The van der Waals surface area contributed by atoms with Gasteiger partial charge in [0.1, 0.15) is 5.58 Å². The number of hydrogen-bond acceptors (Lipinski definition) is 3. The number of nitrogens with zero attached hydrogens (tertiary/aromatic N) is 1. The van der Waals surface area contributed by atoms with Crippen LogP contribution in [0.2, 0.25) is 0 Å². The molecular formula is C21H30N2O2. The number of carbonyl (C=O) groups excluding carboxylic acids is 1. The van der Waals surface area contributed by atoms with Gasteiger partial charge in [-0.25, -0.2) is 0 Å². The van der Waals surface area contributed by atoms with Crippen LogP contribution in [0.4, 0.5) is 0 Å². The molecule has 0 spiro atoms. The van der Waals surface area contributed by atoms with E-state index < -0.39 is 0 Å². The summed E-state index contributed by atoms with van der Waals surface area (Å²) in [6.07, 6.45) is 5.67. The third-order valence-corrected chi connectivity index (χ3v) is 5.44. The molecule has 1 aromatic heterocycles. The first kappa shape index (κ1) is 18.0. The van der Waals surface area contributed by atoms with Gasteiger partial charge in [0.25, 0.3) is 5.91 Å². The fourth-order valence-electron chi connectivity index (χ4n) is 4.02. The number of furan rings is 1. The van der Waals surface area contributed by atoms with Crippen LogP contribution in [0.1, 0.15) is 54.3 Å². The summed E-state index contributed by atoms with van der Waals surface area (Å²) >= 11 is 0. The second-order valence-corrected chi connectivity index (χ2v) is 7.63. The normalized spacial score (nSPS) is 21.0. The number of carbonyl (C=O) groups is 1. The lowest BCUT2D eigenvalue weighted by atomic mass is 9.84. The average molecular weight is 342 g/mol. The molecule has 1 aromatic carbocycles. The molecule has 1 N–H and O–H groups in total. The van der Waals surface area contributed by atoms with E-state index in [9.17, 15) is 4.79 Å². The quantitative estimate of drug-likeness (QED) is 0.888. The van der Waals surface area contributed by atoms with Gasteiger partial charge in [-0.3, -0.25) is 4.79 Å². The minimum atomic E-state index is -0.0672. The first-order chi connectivity index (χ1) is 12.0. The van der Waals surface area contributed by atoms with Crippen molar-refractivity contribution in [2.24, 2.45) is 5.92 Å². The predicted molar refractivity (Wildman–Crippen MR) is 102 cm³/mol. The average Bonchev–Trinajstić information content (AvgIpc) is 2.92. The third kappa shape index (κ3) is 3.90. The van der Waals surface area contributed by atoms with Gasteiger partial charge in [-0.2, -0.15) is 0 Å². The molecule has 2 unspecified atom stereocenters. The molecule has 1 aliphatic carbocycles. The number of benzene rings is 1. The molecule has 4 nitrogen and oxygen atoms in total. The topological polar surface area (TPSA) is 45.5 Å². The summed E-state index contributed by atoms with van der Waals surface area (Å²) < 4.78 is 5.90. The largest absolute Gasteiger partial charge is 0.451 e. The van der Waals surface area contributed by atoms with Gasteiger partial charge in [-0.05, 0) is 63.9 Å². The number of hydrogen-bond donors (Lipinski definition) is 1. The van der Waals surface area contributed by atoms with Crippen molar-refractivity contribution in [3.05, 3.63) is 35.1 Å². The molecule has 1 saturated carbocycles. The van der Waals surface area contributed by atoms with E-state index in [-0.39, 0.29) is 11.9 Å². The monoisotopic (exact) mass is 342 g/mol. The van der Waals surface area contributed by atoms with Gasteiger partial charge in [0, 0.05) is 23.5 Å². The van der Waals surface area contributed by atoms with Gasteiger partial charge in [0.05, 0.1) is 0 Å². The first-order valence-corrected chi connectivity index (χ1v) is 9.47. The number of fused-ring (bicyclic) bond motifs is 1. The number of aryl methyl sites for hydroxylation is 2. The summed E-state index contributed by atoms with van der Waals surface area (Å²) in [5.74, 6) is 0.920. The van der Waals surface area contributed by atoms with E-state index in [1.165, 1.54) is 24.8 Å². The Hall–Kier alpha value is -1.81. The van der Waals surface area contributed by atoms with Crippen LogP contribution in [0, 0.1) is 12.8 Å². The van der Waals surface area contributed by atoms with Gasteiger partial charge >= 0.3 is 0 Å². The lowest BCUT2D eigenvalue weighted by Gasteiger charge is -2.33. The Morgan fingerprint density at radius 3 is 2.76 bits per heavy atom. The maximum atomic E-state index is 12.9. The molecular weight excluding hydrogens is 312 g/mol. The highest BCUT2D eigenvalue weighted by Crippen LogP contribution is 2.28. The van der Waals surface area contributed by atoms with E-state index in [1.807, 2.05) is 13.0 Å². The van der Waals surface area contributed by atoms with Crippen LogP contribution < -0.4 is 5.32 Å². The van der Waals surface area contributed by atoms with Crippen LogP contribution in [-0.4, -0.2) is 37.5 Å². The highest BCUT2D eigenvalue weighted by atomic mass is 16.3. The maximum absolute atomic E-state index is 12.9. The predicted octanol–water partition coefficient (Wildman–Crippen LogP) is 4.15. The summed E-state index contributed by atoms with van der Waals surface area (Å²) in [6, 6.07) is 6.43. The number of rotatable bonds is 5. The lowest BCUT2D eigenvalue weighted by molar-refractivity contribution is 0.0868. The molecule has 0 bridgehead atoms. The summed E-state index contributed by atoms with van der Waals surface area (Å²) in [6.45, 7) is 5.14. The fourth-order valence-corrected chi connectivity index (χ4v) is 4.02. The minimum Gasteiger partial charge on any atom is -0.451 e. The van der Waals surface area contributed by atoms with E-state index in [1.54, 1.807) is 0 Å². The van der Waals surface area contributed by atoms with Crippen LogP contribution in [0.15, 0.2) is 22.6 Å². The molecule has 3 rings (SSSR count). The molecule has 136 valence electrons. The Labute approximate surface area is 150 Å². The zero-order valence-electron chi connectivity index (χ0n) is 15.9. The molecule has 0 aliphatic heterocycles. The van der Waals surface area contributed by atoms with E-state index in [0.717, 1.165) is 35.9 Å². The molecule has 1 aliphatic rings. The van der Waals surface area contributed by atoms with Gasteiger partial charge in [0.15, 0.2) is 5.76 Å². The van der Waals surface area contributed by atoms with Crippen molar-refractivity contribution in [2.75, 3.05) is 20.6 Å². The maximum Gasteiger partial charge on any atom is 0.287 e. The second kappa shape index (κ2) is 7.61. The van der Waals surface area contributed by atoms with Crippen LogP contribution in [-0.2, 0) is 6.42 Å². The van der Waals surface area contributed by atoms with Crippen molar-refractivity contribution in [2.45, 2.75) is 52.0 Å². The molecule has 2 aromatic rings. The lowest BCUT2D eigenvalue weighted by Crippen LogP contribution is -2.45. The molecule has 2 atom stereocenters. The Bertz CT molecular complexity index is 748. The van der Waals surface area contributed by atoms with E-state index in [2.05, 4.69) is 43.4 Å². The van der Waals surface area contributed by atoms with Crippen molar-refractivity contribution in [3.63, 3.8) is 0 Å². The molecule has 25 heavy (non-hydrogen) atoms. The van der Waals surface area contributed by atoms with E-state index in [4.69, 9.17) is 4.42 Å². The molecule has 1 heterocycles. The zero-order chi connectivity index (χ0) is 18.0. The van der Waals surface area contributed by atoms with Crippen molar-refractivity contribution in [3.8, 4) is 0 Å². The molecule has 0 saturated heterocycles. The zero-order valence-corrected chi connectivity index (χ0v) is 15.9. The Kier molecular flexibility index (Phi) is 5.48. The third-order valence-electron chi connectivity index (χ3n) is 5.44. The second-order valence-electron chi connectivity index (χ2n) is 7.63.